The molecule has 0 bridgehead atoms. The first-order valence-electron chi connectivity index (χ1n) is 5.98. The highest BCUT2D eigenvalue weighted by Crippen LogP contribution is 2.14. The molecule has 0 aliphatic heterocycles. The van der Waals surface area contributed by atoms with Crippen LogP contribution in [-0.2, 0) is 21.4 Å². The number of hydrogen-bond acceptors (Lipinski definition) is 4. The Hall–Kier alpha value is -1.58. The number of sulfonamides is 1. The van der Waals surface area contributed by atoms with Gasteiger partial charge in [0.15, 0.2) is 0 Å². The monoisotopic (exact) mass is 322 g/mol. The Bertz CT molecular complexity index is 588. The average molecular weight is 322 g/mol. The summed E-state index contributed by atoms with van der Waals surface area (Å²) in [5, 5.41) is 10.9. The van der Waals surface area contributed by atoms with Crippen LogP contribution >= 0.6 is 0 Å². The highest BCUT2D eigenvalue weighted by atomic mass is 32.2. The van der Waals surface area contributed by atoms with Crippen molar-refractivity contribution in [3.63, 3.8) is 0 Å². The highest BCUT2D eigenvalue weighted by Gasteiger charge is 2.30. The number of aliphatic hydroxyl groups excluding tert-OH is 1. The van der Waals surface area contributed by atoms with Crippen LogP contribution in [0.4, 0.5) is 8.78 Å². The third kappa shape index (κ3) is 5.74. The van der Waals surface area contributed by atoms with Crippen molar-refractivity contribution in [2.75, 3.05) is 13.2 Å². The fourth-order valence-corrected chi connectivity index (χ4v) is 2.42. The number of hydrogen-bond donors (Lipinski definition) is 3. The van der Waals surface area contributed by atoms with E-state index in [4.69, 9.17) is 5.11 Å². The Kier molecular flexibility index (Phi) is 5.76. The number of halogens is 2. The summed E-state index contributed by atoms with van der Waals surface area (Å²) in [7, 11) is -4.08. The van der Waals surface area contributed by atoms with Crippen LogP contribution in [0.3, 0.4) is 0 Å². The normalized spacial score (nSPS) is 12.2. The van der Waals surface area contributed by atoms with E-state index in [9.17, 15) is 22.0 Å². The van der Waals surface area contributed by atoms with Crippen LogP contribution in [0.2, 0.25) is 0 Å². The fraction of sp³-hybridized carbons (Fsp3) is 0.417. The molecule has 0 unspecified atom stereocenters. The first-order valence-corrected chi connectivity index (χ1v) is 7.46. The van der Waals surface area contributed by atoms with Gasteiger partial charge in [-0.25, -0.2) is 21.9 Å². The maximum absolute atomic E-state index is 12.8. The van der Waals surface area contributed by atoms with Crippen LogP contribution in [-0.4, -0.2) is 38.5 Å². The van der Waals surface area contributed by atoms with Gasteiger partial charge < -0.3 is 10.4 Å². The third-order valence-corrected chi connectivity index (χ3v) is 3.94. The maximum Gasteiger partial charge on any atom is 0.283 e. The van der Waals surface area contributed by atoms with E-state index in [-0.39, 0.29) is 17.3 Å². The Morgan fingerprint density at radius 3 is 2.33 bits per heavy atom. The highest BCUT2D eigenvalue weighted by molar-refractivity contribution is 7.89. The molecule has 0 fully saturated rings. The summed E-state index contributed by atoms with van der Waals surface area (Å²) >= 11 is 0. The molecule has 0 saturated carbocycles. The van der Waals surface area contributed by atoms with E-state index in [1.807, 2.05) is 0 Å². The maximum atomic E-state index is 12.8. The first kappa shape index (κ1) is 17.5. The van der Waals surface area contributed by atoms with Gasteiger partial charge in [0.2, 0.25) is 15.9 Å². The standard InChI is InChI=1S/C12H16F2N2O4S/c1-9(18)15-6-10-2-4-11(5-3-10)21(19,20)16-7-12(13,14)8-17/h2-5,16-17H,6-8H2,1H3,(H,15,18). The van der Waals surface area contributed by atoms with E-state index in [1.165, 1.54) is 31.2 Å². The van der Waals surface area contributed by atoms with Crippen molar-refractivity contribution in [1.82, 2.24) is 10.0 Å². The largest absolute Gasteiger partial charge is 0.390 e. The molecule has 0 spiro atoms. The SMILES string of the molecule is CC(=O)NCc1ccc(S(=O)(=O)NCC(F)(F)CO)cc1. The lowest BCUT2D eigenvalue weighted by Crippen LogP contribution is -2.38. The molecule has 0 aliphatic rings. The molecular formula is C12H16F2N2O4S. The topological polar surface area (TPSA) is 95.5 Å². The number of amides is 1. The fourth-order valence-electron chi connectivity index (χ4n) is 1.35. The van der Waals surface area contributed by atoms with E-state index in [0.717, 1.165) is 0 Å². The van der Waals surface area contributed by atoms with Crippen molar-refractivity contribution in [3.05, 3.63) is 29.8 Å². The zero-order valence-corrected chi connectivity index (χ0v) is 12.1. The lowest BCUT2D eigenvalue weighted by atomic mass is 10.2. The van der Waals surface area contributed by atoms with Crippen LogP contribution in [0.5, 0.6) is 0 Å². The minimum absolute atomic E-state index is 0.178. The molecule has 1 aromatic rings. The summed E-state index contributed by atoms with van der Waals surface area (Å²) in [6.07, 6.45) is 0. The summed E-state index contributed by atoms with van der Waals surface area (Å²) in [4.78, 5) is 10.6. The smallest absolute Gasteiger partial charge is 0.283 e. The summed E-state index contributed by atoms with van der Waals surface area (Å²) in [6, 6.07) is 5.43. The van der Waals surface area contributed by atoms with E-state index in [0.29, 0.717) is 5.56 Å². The quantitative estimate of drug-likeness (QED) is 0.669. The molecule has 1 rings (SSSR count). The van der Waals surface area contributed by atoms with Gasteiger partial charge in [0.1, 0.15) is 6.61 Å². The molecule has 0 aromatic heterocycles. The zero-order chi connectivity index (χ0) is 16.1. The number of carbonyl (C=O) groups is 1. The lowest BCUT2D eigenvalue weighted by Gasteiger charge is -2.14. The van der Waals surface area contributed by atoms with Gasteiger partial charge in [-0.05, 0) is 17.7 Å². The minimum Gasteiger partial charge on any atom is -0.390 e. The number of rotatable bonds is 7. The molecule has 1 aromatic carbocycles. The van der Waals surface area contributed by atoms with Crippen molar-refractivity contribution >= 4 is 15.9 Å². The van der Waals surface area contributed by atoms with Crippen LogP contribution in [0.15, 0.2) is 29.2 Å². The molecule has 118 valence electrons. The second kappa shape index (κ2) is 6.92. The summed E-state index contributed by atoms with van der Waals surface area (Å²) in [5.74, 6) is -3.74. The van der Waals surface area contributed by atoms with Gasteiger partial charge in [-0.3, -0.25) is 4.79 Å². The number of carbonyl (C=O) groups excluding carboxylic acids is 1. The van der Waals surface area contributed by atoms with E-state index < -0.39 is 29.1 Å². The molecule has 0 heterocycles. The second-order valence-corrected chi connectivity index (χ2v) is 6.16. The molecule has 0 aliphatic carbocycles. The Morgan fingerprint density at radius 1 is 1.29 bits per heavy atom. The van der Waals surface area contributed by atoms with Crippen LogP contribution in [0, 0.1) is 0 Å². The predicted molar refractivity (Wildman–Crippen MR) is 71.2 cm³/mol. The van der Waals surface area contributed by atoms with Gasteiger partial charge in [-0.1, -0.05) is 12.1 Å². The Morgan fingerprint density at radius 2 is 1.86 bits per heavy atom. The molecule has 6 nitrogen and oxygen atoms in total. The third-order valence-electron chi connectivity index (χ3n) is 2.53. The van der Waals surface area contributed by atoms with Gasteiger partial charge in [-0.2, -0.15) is 0 Å². The van der Waals surface area contributed by atoms with E-state index in [2.05, 4.69) is 5.32 Å². The van der Waals surface area contributed by atoms with Crippen molar-refractivity contribution in [2.24, 2.45) is 0 Å². The molecule has 0 saturated heterocycles. The van der Waals surface area contributed by atoms with Crippen molar-refractivity contribution < 1.29 is 27.1 Å². The van der Waals surface area contributed by atoms with Crippen molar-refractivity contribution in [2.45, 2.75) is 24.3 Å². The van der Waals surface area contributed by atoms with Crippen LogP contribution < -0.4 is 10.0 Å². The second-order valence-electron chi connectivity index (χ2n) is 4.39. The molecule has 9 heteroatoms. The molecular weight excluding hydrogens is 306 g/mol. The van der Waals surface area contributed by atoms with Gasteiger partial charge in [0, 0.05) is 13.5 Å². The van der Waals surface area contributed by atoms with E-state index in [1.54, 1.807) is 4.72 Å². The average Bonchev–Trinajstić information content (AvgIpc) is 2.44. The van der Waals surface area contributed by atoms with Gasteiger partial charge >= 0.3 is 0 Å². The number of alkyl halides is 2. The molecule has 0 radical (unpaired) electrons. The van der Waals surface area contributed by atoms with Crippen LogP contribution in [0.25, 0.3) is 0 Å². The van der Waals surface area contributed by atoms with Gasteiger partial charge in [0.05, 0.1) is 11.4 Å². The summed E-state index contributed by atoms with van der Waals surface area (Å²) in [6.45, 7) is -1.03. The van der Waals surface area contributed by atoms with Crippen molar-refractivity contribution in [3.8, 4) is 0 Å². The molecule has 1 amide bonds. The minimum atomic E-state index is -4.08. The van der Waals surface area contributed by atoms with E-state index >= 15 is 0 Å². The molecule has 0 atom stereocenters. The van der Waals surface area contributed by atoms with Crippen molar-refractivity contribution in [1.29, 1.82) is 0 Å². The number of nitrogens with one attached hydrogen (secondary N) is 2. The van der Waals surface area contributed by atoms with Crippen LogP contribution in [0.1, 0.15) is 12.5 Å². The summed E-state index contributed by atoms with van der Waals surface area (Å²) in [5.41, 5.74) is 0.671. The first-order chi connectivity index (χ1) is 9.66. The molecule has 3 N–H and O–H groups in total. The predicted octanol–water partition coefficient (Wildman–Crippen LogP) is 0.229. The zero-order valence-electron chi connectivity index (χ0n) is 11.3. The lowest BCUT2D eigenvalue weighted by molar-refractivity contribution is -0.119. The number of aliphatic hydroxyl groups is 1. The Labute approximate surface area is 121 Å². The summed E-state index contributed by atoms with van der Waals surface area (Å²) < 4.78 is 50.9. The molecule has 21 heavy (non-hydrogen) atoms. The Balaban J connectivity index is 2.73. The van der Waals surface area contributed by atoms with Gasteiger partial charge in [-0.15, -0.1) is 0 Å². The van der Waals surface area contributed by atoms with Gasteiger partial charge in [0.25, 0.3) is 5.92 Å². The number of benzene rings is 1.